The van der Waals surface area contributed by atoms with Crippen LogP contribution in [0.2, 0.25) is 0 Å². The highest BCUT2D eigenvalue weighted by atomic mass is 16.3. The number of aliphatic hydroxyl groups excluding tert-OH is 1. The molecule has 0 unspecified atom stereocenters. The Morgan fingerprint density at radius 2 is 2.06 bits per heavy atom. The zero-order chi connectivity index (χ0) is 12.5. The average Bonchev–Trinajstić information content (AvgIpc) is 2.29. The van der Waals surface area contributed by atoms with Crippen LogP contribution < -0.4 is 4.90 Å². The summed E-state index contributed by atoms with van der Waals surface area (Å²) >= 11 is 0. The number of aliphatic hydroxyl groups is 2. The molecule has 1 fully saturated rings. The number of rotatable bonds is 2. The van der Waals surface area contributed by atoms with E-state index in [4.69, 9.17) is 5.11 Å². The van der Waals surface area contributed by atoms with Gasteiger partial charge in [0.2, 0.25) is 0 Å². The Morgan fingerprint density at radius 1 is 1.41 bits per heavy atom. The Kier molecular flexibility index (Phi) is 3.35. The minimum atomic E-state index is -0.532. The fourth-order valence-corrected chi connectivity index (χ4v) is 2.24. The number of anilines is 1. The van der Waals surface area contributed by atoms with E-state index in [-0.39, 0.29) is 6.61 Å². The van der Waals surface area contributed by atoms with E-state index < -0.39 is 5.60 Å². The summed E-state index contributed by atoms with van der Waals surface area (Å²) in [6.45, 7) is 5.59. The highest BCUT2D eigenvalue weighted by molar-refractivity contribution is 5.47. The number of nitrogens with zero attached hydrogens (tertiary/aromatic N) is 2. The molecule has 2 heterocycles. The first kappa shape index (κ1) is 12.3. The zero-order valence-corrected chi connectivity index (χ0v) is 10.5. The lowest BCUT2D eigenvalue weighted by atomic mass is 9.93. The first-order valence-corrected chi connectivity index (χ1v) is 6.05. The number of hydrogen-bond donors (Lipinski definition) is 2. The van der Waals surface area contributed by atoms with Crippen LogP contribution in [0.15, 0.2) is 12.3 Å². The largest absolute Gasteiger partial charge is 0.392 e. The maximum atomic E-state index is 9.91. The molecule has 0 aliphatic carbocycles. The third-order valence-corrected chi connectivity index (χ3v) is 3.43. The molecule has 0 aromatic carbocycles. The first-order chi connectivity index (χ1) is 8.02. The topological polar surface area (TPSA) is 56.6 Å². The maximum absolute atomic E-state index is 9.91. The second-order valence-electron chi connectivity index (χ2n) is 5.13. The molecule has 0 saturated carbocycles. The molecule has 1 aromatic rings. The van der Waals surface area contributed by atoms with Gasteiger partial charge >= 0.3 is 0 Å². The van der Waals surface area contributed by atoms with Crippen LogP contribution >= 0.6 is 0 Å². The number of pyridine rings is 1. The fourth-order valence-electron chi connectivity index (χ4n) is 2.24. The highest BCUT2D eigenvalue weighted by Gasteiger charge is 2.28. The molecular weight excluding hydrogens is 216 g/mol. The van der Waals surface area contributed by atoms with Crippen LogP contribution in [0.4, 0.5) is 5.82 Å². The minimum Gasteiger partial charge on any atom is -0.392 e. The van der Waals surface area contributed by atoms with Crippen molar-refractivity contribution in [2.75, 3.05) is 18.0 Å². The predicted molar refractivity (Wildman–Crippen MR) is 67.0 cm³/mol. The van der Waals surface area contributed by atoms with Gasteiger partial charge in [0, 0.05) is 19.3 Å². The van der Waals surface area contributed by atoms with Crippen molar-refractivity contribution in [3.05, 3.63) is 23.4 Å². The number of hydrogen-bond acceptors (Lipinski definition) is 4. The molecule has 0 atom stereocenters. The van der Waals surface area contributed by atoms with Crippen LogP contribution in [0.1, 0.15) is 30.9 Å². The smallest absolute Gasteiger partial charge is 0.131 e. The van der Waals surface area contributed by atoms with Crippen LogP contribution in [-0.2, 0) is 6.61 Å². The third-order valence-electron chi connectivity index (χ3n) is 3.43. The second kappa shape index (κ2) is 4.63. The van der Waals surface area contributed by atoms with Crippen molar-refractivity contribution in [1.29, 1.82) is 0 Å². The van der Waals surface area contributed by atoms with E-state index in [9.17, 15) is 5.11 Å². The molecule has 1 aromatic heterocycles. The van der Waals surface area contributed by atoms with Crippen molar-refractivity contribution in [2.24, 2.45) is 0 Å². The summed E-state index contributed by atoms with van der Waals surface area (Å²) in [5, 5.41) is 19.0. The number of aromatic nitrogens is 1. The van der Waals surface area contributed by atoms with Crippen molar-refractivity contribution in [3.63, 3.8) is 0 Å². The van der Waals surface area contributed by atoms with Gasteiger partial charge in [-0.15, -0.1) is 0 Å². The van der Waals surface area contributed by atoms with E-state index in [1.54, 1.807) is 6.20 Å². The summed E-state index contributed by atoms with van der Waals surface area (Å²) in [5.41, 5.74) is 1.39. The van der Waals surface area contributed by atoms with E-state index in [1.807, 2.05) is 19.9 Å². The SMILES string of the molecule is Cc1cc(CO)cnc1N1CCC(C)(O)CC1. The summed E-state index contributed by atoms with van der Waals surface area (Å²) in [6.07, 6.45) is 3.26. The van der Waals surface area contributed by atoms with Crippen molar-refractivity contribution in [1.82, 2.24) is 4.98 Å². The fraction of sp³-hybridized carbons (Fsp3) is 0.615. The standard InChI is InChI=1S/C13H20N2O2/c1-10-7-11(9-16)8-14-12(10)15-5-3-13(2,17)4-6-15/h7-8,16-17H,3-6,9H2,1-2H3. The van der Waals surface area contributed by atoms with Gasteiger partial charge in [0.15, 0.2) is 0 Å². The molecule has 17 heavy (non-hydrogen) atoms. The second-order valence-corrected chi connectivity index (χ2v) is 5.13. The van der Waals surface area contributed by atoms with Gasteiger partial charge in [-0.2, -0.15) is 0 Å². The molecule has 1 saturated heterocycles. The molecule has 1 aliphatic rings. The minimum absolute atomic E-state index is 0.0306. The van der Waals surface area contributed by atoms with E-state index in [0.29, 0.717) is 0 Å². The Bertz CT molecular complexity index is 394. The van der Waals surface area contributed by atoms with E-state index in [2.05, 4.69) is 9.88 Å². The van der Waals surface area contributed by atoms with Gasteiger partial charge in [-0.05, 0) is 43.9 Å². The average molecular weight is 236 g/mol. The van der Waals surface area contributed by atoms with Crippen LogP contribution in [0.5, 0.6) is 0 Å². The Labute approximate surface area is 102 Å². The molecule has 0 radical (unpaired) electrons. The van der Waals surface area contributed by atoms with E-state index in [0.717, 1.165) is 42.9 Å². The maximum Gasteiger partial charge on any atom is 0.131 e. The number of aryl methyl sites for hydroxylation is 1. The summed E-state index contributed by atoms with van der Waals surface area (Å²) < 4.78 is 0. The molecule has 0 spiro atoms. The first-order valence-electron chi connectivity index (χ1n) is 6.05. The van der Waals surface area contributed by atoms with E-state index >= 15 is 0 Å². The van der Waals surface area contributed by atoms with Crippen molar-refractivity contribution in [3.8, 4) is 0 Å². The van der Waals surface area contributed by atoms with Crippen LogP contribution in [0.25, 0.3) is 0 Å². The van der Waals surface area contributed by atoms with Gasteiger partial charge in [0.05, 0.1) is 12.2 Å². The van der Waals surface area contributed by atoms with Crippen LogP contribution in [-0.4, -0.2) is 33.9 Å². The Balaban J connectivity index is 2.13. The third kappa shape index (κ3) is 2.76. The molecular formula is C13H20N2O2. The Morgan fingerprint density at radius 3 is 2.59 bits per heavy atom. The molecule has 94 valence electrons. The van der Waals surface area contributed by atoms with Crippen molar-refractivity contribution in [2.45, 2.75) is 38.9 Å². The molecule has 2 rings (SSSR count). The van der Waals surface area contributed by atoms with Gasteiger partial charge in [0.25, 0.3) is 0 Å². The summed E-state index contributed by atoms with van der Waals surface area (Å²) in [6, 6.07) is 1.97. The monoisotopic (exact) mass is 236 g/mol. The van der Waals surface area contributed by atoms with Crippen molar-refractivity contribution < 1.29 is 10.2 Å². The summed E-state index contributed by atoms with van der Waals surface area (Å²) in [5.74, 6) is 0.970. The molecule has 4 nitrogen and oxygen atoms in total. The van der Waals surface area contributed by atoms with Gasteiger partial charge in [-0.25, -0.2) is 4.98 Å². The van der Waals surface area contributed by atoms with Crippen LogP contribution in [0, 0.1) is 6.92 Å². The van der Waals surface area contributed by atoms with Gasteiger partial charge in [-0.3, -0.25) is 0 Å². The predicted octanol–water partition coefficient (Wildman–Crippen LogP) is 1.23. The molecule has 0 bridgehead atoms. The Hall–Kier alpha value is -1.13. The normalized spacial score (nSPS) is 19.4. The summed E-state index contributed by atoms with van der Waals surface area (Å²) in [4.78, 5) is 6.61. The lowest BCUT2D eigenvalue weighted by molar-refractivity contribution is 0.0350. The van der Waals surface area contributed by atoms with Gasteiger partial charge in [0.1, 0.15) is 5.82 Å². The van der Waals surface area contributed by atoms with Gasteiger partial charge in [-0.1, -0.05) is 0 Å². The molecule has 0 amide bonds. The van der Waals surface area contributed by atoms with Gasteiger partial charge < -0.3 is 15.1 Å². The van der Waals surface area contributed by atoms with Crippen LogP contribution in [0.3, 0.4) is 0 Å². The summed E-state index contributed by atoms with van der Waals surface area (Å²) in [7, 11) is 0. The highest BCUT2D eigenvalue weighted by Crippen LogP contribution is 2.26. The quantitative estimate of drug-likeness (QED) is 0.811. The molecule has 4 heteroatoms. The zero-order valence-electron chi connectivity index (χ0n) is 10.5. The van der Waals surface area contributed by atoms with E-state index in [1.165, 1.54) is 0 Å². The molecule has 2 N–H and O–H groups in total. The van der Waals surface area contributed by atoms with Crippen molar-refractivity contribution >= 4 is 5.82 Å². The number of piperidine rings is 1. The lowest BCUT2D eigenvalue weighted by Gasteiger charge is -2.37. The lowest BCUT2D eigenvalue weighted by Crippen LogP contribution is -2.43. The molecule has 1 aliphatic heterocycles.